The lowest BCUT2D eigenvalue weighted by Crippen LogP contribution is -2.08. The minimum Gasteiger partial charge on any atom is -0.465 e. The van der Waals surface area contributed by atoms with Gasteiger partial charge in [0.1, 0.15) is 0 Å². The molecule has 0 atom stereocenters. The summed E-state index contributed by atoms with van der Waals surface area (Å²) in [6.45, 7) is 1.77. The van der Waals surface area contributed by atoms with Crippen LogP contribution in [0, 0.1) is 6.92 Å². The van der Waals surface area contributed by atoms with Crippen LogP contribution in [0.1, 0.15) is 15.9 Å². The van der Waals surface area contributed by atoms with Crippen molar-refractivity contribution in [2.24, 2.45) is 0 Å². The topological polar surface area (TPSA) is 50.4 Å². The highest BCUT2D eigenvalue weighted by molar-refractivity contribution is 5.99. The largest absolute Gasteiger partial charge is 0.465 e. The van der Waals surface area contributed by atoms with Gasteiger partial charge in [-0.05, 0) is 24.6 Å². The molecule has 0 saturated carbocycles. The van der Waals surface area contributed by atoms with Crippen LogP contribution >= 0.6 is 0 Å². The molecule has 1 aromatic carbocycles. The van der Waals surface area contributed by atoms with Gasteiger partial charge in [0.05, 0.1) is 24.0 Å². The maximum Gasteiger partial charge on any atom is 0.340 e. The zero-order valence-electron chi connectivity index (χ0n) is 8.85. The van der Waals surface area contributed by atoms with Crippen molar-refractivity contribution < 1.29 is 14.0 Å². The highest BCUT2D eigenvalue weighted by Gasteiger charge is 2.15. The van der Waals surface area contributed by atoms with E-state index in [4.69, 9.17) is 0 Å². The van der Waals surface area contributed by atoms with Gasteiger partial charge in [-0.3, -0.25) is 0 Å². The smallest absolute Gasteiger partial charge is 0.340 e. The molecule has 82 valence electrons. The number of hydrogen-bond acceptors (Lipinski definition) is 4. The number of halogens is 1. The Hall–Kier alpha value is -1.78. The fourth-order valence-electron chi connectivity index (χ4n) is 1.40. The number of carbonyl (C=O) groups excluding carboxylic acids is 1. The summed E-state index contributed by atoms with van der Waals surface area (Å²) < 4.78 is 17.1. The molecule has 15 heavy (non-hydrogen) atoms. The van der Waals surface area contributed by atoms with Gasteiger partial charge >= 0.3 is 5.97 Å². The third-order valence-corrected chi connectivity index (χ3v) is 2.04. The number of hydrogen-bond donors (Lipinski definition) is 2. The number of aryl methyl sites for hydroxylation is 1. The molecule has 2 N–H and O–H groups in total. The SMILES string of the molecule is CNc1c(NF)cc(C)cc1C(=O)OC. The van der Waals surface area contributed by atoms with Crippen LogP contribution in [0.25, 0.3) is 0 Å². The molecule has 0 bridgehead atoms. The van der Waals surface area contributed by atoms with Gasteiger partial charge in [-0.15, -0.1) is 4.48 Å². The molecule has 0 aliphatic carbocycles. The van der Waals surface area contributed by atoms with Crippen LogP contribution in [-0.4, -0.2) is 20.1 Å². The number of nitrogens with one attached hydrogen (secondary N) is 2. The third-order valence-electron chi connectivity index (χ3n) is 2.04. The van der Waals surface area contributed by atoms with Gasteiger partial charge in [0.2, 0.25) is 0 Å². The Morgan fingerprint density at radius 1 is 1.47 bits per heavy atom. The van der Waals surface area contributed by atoms with Crippen LogP contribution in [0.4, 0.5) is 15.9 Å². The molecule has 0 aromatic heterocycles. The van der Waals surface area contributed by atoms with Crippen molar-refractivity contribution in [3.8, 4) is 0 Å². The molecule has 0 spiro atoms. The Morgan fingerprint density at radius 2 is 2.13 bits per heavy atom. The van der Waals surface area contributed by atoms with Crippen molar-refractivity contribution in [1.82, 2.24) is 0 Å². The van der Waals surface area contributed by atoms with Crippen molar-refractivity contribution in [3.05, 3.63) is 23.3 Å². The maximum absolute atomic E-state index is 12.5. The average Bonchev–Trinajstić information content (AvgIpc) is 2.26. The standard InChI is InChI=1S/C10H13FN2O2/c1-6-4-7(10(14)15-3)9(12-2)8(5-6)13-11/h4-5,12-13H,1-3H3. The van der Waals surface area contributed by atoms with Gasteiger partial charge < -0.3 is 10.1 Å². The van der Waals surface area contributed by atoms with Crippen LogP contribution in [0.2, 0.25) is 0 Å². The first-order valence-corrected chi connectivity index (χ1v) is 4.41. The van der Waals surface area contributed by atoms with Gasteiger partial charge in [0.25, 0.3) is 0 Å². The summed E-state index contributed by atoms with van der Waals surface area (Å²) in [6.07, 6.45) is 0. The molecule has 5 heteroatoms. The summed E-state index contributed by atoms with van der Waals surface area (Å²) in [5, 5.41) is 2.75. The summed E-state index contributed by atoms with van der Waals surface area (Å²) in [5.74, 6) is -0.500. The van der Waals surface area contributed by atoms with Crippen molar-refractivity contribution in [3.63, 3.8) is 0 Å². The third kappa shape index (κ3) is 2.18. The summed E-state index contributed by atoms with van der Waals surface area (Å²) in [7, 11) is 2.89. The fourth-order valence-corrected chi connectivity index (χ4v) is 1.40. The highest BCUT2D eigenvalue weighted by atomic mass is 19.2. The Kier molecular flexibility index (Phi) is 3.49. The van der Waals surface area contributed by atoms with Crippen LogP contribution < -0.4 is 10.9 Å². The molecule has 4 nitrogen and oxygen atoms in total. The van der Waals surface area contributed by atoms with Crippen molar-refractivity contribution >= 4 is 17.3 Å². The van der Waals surface area contributed by atoms with E-state index in [2.05, 4.69) is 10.1 Å². The van der Waals surface area contributed by atoms with E-state index in [0.29, 0.717) is 11.3 Å². The summed E-state index contributed by atoms with van der Waals surface area (Å²) >= 11 is 0. The number of benzene rings is 1. The molecule has 0 radical (unpaired) electrons. The minimum atomic E-state index is -0.500. The van der Waals surface area contributed by atoms with Crippen LogP contribution in [0.5, 0.6) is 0 Å². The average molecular weight is 212 g/mol. The maximum atomic E-state index is 12.5. The second-order valence-corrected chi connectivity index (χ2v) is 3.07. The second-order valence-electron chi connectivity index (χ2n) is 3.07. The monoisotopic (exact) mass is 212 g/mol. The first kappa shape index (κ1) is 11.3. The van der Waals surface area contributed by atoms with Crippen LogP contribution in [-0.2, 0) is 4.74 Å². The Morgan fingerprint density at radius 3 is 2.60 bits per heavy atom. The first-order chi connectivity index (χ1) is 7.13. The lowest BCUT2D eigenvalue weighted by molar-refractivity contribution is 0.0602. The normalized spacial score (nSPS) is 9.60. The van der Waals surface area contributed by atoms with Gasteiger partial charge in [0, 0.05) is 7.05 Å². The van der Waals surface area contributed by atoms with E-state index in [1.54, 1.807) is 26.1 Å². The number of anilines is 2. The number of ether oxygens (including phenoxy) is 1. The molecule has 0 heterocycles. The molecule has 1 rings (SSSR count). The molecular weight excluding hydrogens is 199 g/mol. The fraction of sp³-hybridized carbons (Fsp3) is 0.300. The van der Waals surface area contributed by atoms with Gasteiger partial charge in [-0.25, -0.2) is 10.3 Å². The van der Waals surface area contributed by atoms with E-state index in [1.807, 2.05) is 0 Å². The number of rotatable bonds is 3. The molecule has 0 aliphatic rings. The molecule has 0 unspecified atom stereocenters. The van der Waals surface area contributed by atoms with Crippen LogP contribution in [0.3, 0.4) is 0 Å². The van der Waals surface area contributed by atoms with Gasteiger partial charge in [0.15, 0.2) is 0 Å². The number of carbonyl (C=O) groups is 1. The highest BCUT2D eigenvalue weighted by Crippen LogP contribution is 2.28. The summed E-state index contributed by atoms with van der Waals surface area (Å²) in [6, 6.07) is 3.23. The minimum absolute atomic E-state index is 0.220. The first-order valence-electron chi connectivity index (χ1n) is 4.41. The molecule has 0 saturated heterocycles. The lowest BCUT2D eigenvalue weighted by atomic mass is 10.1. The molecule has 0 aliphatic heterocycles. The molecule has 1 aromatic rings. The molecule has 0 fully saturated rings. The second kappa shape index (κ2) is 4.63. The van der Waals surface area contributed by atoms with Crippen molar-refractivity contribution in [1.29, 1.82) is 0 Å². The van der Waals surface area contributed by atoms with Gasteiger partial charge in [-0.1, -0.05) is 0 Å². The zero-order valence-corrected chi connectivity index (χ0v) is 8.85. The van der Waals surface area contributed by atoms with Crippen LogP contribution in [0.15, 0.2) is 12.1 Å². The van der Waals surface area contributed by atoms with E-state index in [9.17, 15) is 9.28 Å². The van der Waals surface area contributed by atoms with E-state index < -0.39 is 5.97 Å². The lowest BCUT2D eigenvalue weighted by Gasteiger charge is -2.12. The Bertz CT molecular complexity index is 380. The number of esters is 1. The zero-order chi connectivity index (χ0) is 11.4. The predicted octanol–water partition coefficient (Wildman–Crippen LogP) is 2.12. The molecule has 0 amide bonds. The van der Waals surface area contributed by atoms with E-state index >= 15 is 0 Å². The summed E-state index contributed by atoms with van der Waals surface area (Å²) in [4.78, 5) is 11.4. The Labute approximate surface area is 87.4 Å². The van der Waals surface area contributed by atoms with Crippen molar-refractivity contribution in [2.75, 3.05) is 25.0 Å². The Balaban J connectivity index is 3.35. The predicted molar refractivity (Wildman–Crippen MR) is 56.8 cm³/mol. The van der Waals surface area contributed by atoms with Gasteiger partial charge in [-0.2, -0.15) is 0 Å². The van der Waals surface area contributed by atoms with E-state index in [0.717, 1.165) is 5.56 Å². The van der Waals surface area contributed by atoms with Crippen molar-refractivity contribution in [2.45, 2.75) is 6.92 Å². The number of methoxy groups -OCH3 is 1. The molecular formula is C10H13FN2O2. The van der Waals surface area contributed by atoms with E-state index in [-0.39, 0.29) is 5.69 Å². The summed E-state index contributed by atoms with van der Waals surface area (Å²) in [5.41, 5.74) is 3.22. The quantitative estimate of drug-likeness (QED) is 0.595. The van der Waals surface area contributed by atoms with E-state index in [1.165, 1.54) is 12.6 Å².